The minimum atomic E-state index is -0.685. The number of nitro benzene ring substituents is 1. The Morgan fingerprint density at radius 2 is 2.12 bits per heavy atom. The Labute approximate surface area is 158 Å². The van der Waals surface area contributed by atoms with Gasteiger partial charge in [0.05, 0.1) is 16.4 Å². The molecule has 10 heteroatoms. The molecule has 1 heterocycles. The van der Waals surface area contributed by atoms with Crippen LogP contribution in [0.25, 0.3) is 6.08 Å². The summed E-state index contributed by atoms with van der Waals surface area (Å²) in [6, 6.07) is 3.77. The van der Waals surface area contributed by atoms with Crippen molar-refractivity contribution in [3.05, 3.63) is 43.8 Å². The number of amides is 2. The van der Waals surface area contributed by atoms with E-state index in [0.29, 0.717) is 11.8 Å². The molecule has 1 aromatic rings. The van der Waals surface area contributed by atoms with E-state index in [-0.39, 0.29) is 33.7 Å². The summed E-state index contributed by atoms with van der Waals surface area (Å²) in [6.07, 6.45) is 1.29. The number of nitrogens with zero attached hydrogens (tertiary/aromatic N) is 2. The first kappa shape index (κ1) is 19.9. The first-order valence-electron chi connectivity index (χ1n) is 7.54. The largest absolute Gasteiger partial charge is 0.464 e. The van der Waals surface area contributed by atoms with Gasteiger partial charge >= 0.3 is 5.97 Å². The summed E-state index contributed by atoms with van der Waals surface area (Å²) in [7, 11) is 0. The third-order valence-electron chi connectivity index (χ3n) is 3.22. The van der Waals surface area contributed by atoms with Crippen LogP contribution in [0.2, 0.25) is 5.02 Å². The number of rotatable bonds is 6. The van der Waals surface area contributed by atoms with Crippen molar-refractivity contribution < 1.29 is 24.0 Å². The summed E-state index contributed by atoms with van der Waals surface area (Å²) in [5.74, 6) is -1.23. The van der Waals surface area contributed by atoms with Crippen molar-refractivity contribution in [2.45, 2.75) is 13.8 Å². The normalized spacial score (nSPS) is 15.8. The molecular formula is C16H15ClN2O6S. The average Bonchev–Trinajstić information content (AvgIpc) is 2.82. The van der Waals surface area contributed by atoms with E-state index < -0.39 is 28.6 Å². The van der Waals surface area contributed by atoms with Crippen LogP contribution < -0.4 is 0 Å². The molecule has 1 aromatic carbocycles. The van der Waals surface area contributed by atoms with Crippen LogP contribution in [-0.2, 0) is 14.3 Å². The van der Waals surface area contributed by atoms with Crippen LogP contribution >= 0.6 is 23.4 Å². The van der Waals surface area contributed by atoms with Crippen molar-refractivity contribution in [3.8, 4) is 0 Å². The van der Waals surface area contributed by atoms with E-state index in [9.17, 15) is 24.5 Å². The number of esters is 1. The predicted molar refractivity (Wildman–Crippen MR) is 96.6 cm³/mol. The third-order valence-corrected chi connectivity index (χ3v) is 4.47. The number of hydrogen-bond donors (Lipinski definition) is 0. The second-order valence-electron chi connectivity index (χ2n) is 5.81. The number of imide groups is 1. The fourth-order valence-electron chi connectivity index (χ4n) is 1.97. The van der Waals surface area contributed by atoms with Crippen molar-refractivity contribution in [2.24, 2.45) is 5.92 Å². The van der Waals surface area contributed by atoms with Gasteiger partial charge in [0.15, 0.2) is 0 Å². The number of non-ortho nitro benzene ring substituents is 1. The minimum absolute atomic E-state index is 0.0223. The second kappa shape index (κ2) is 8.33. The van der Waals surface area contributed by atoms with Gasteiger partial charge in [-0.25, -0.2) is 0 Å². The number of halogens is 1. The summed E-state index contributed by atoms with van der Waals surface area (Å²) in [6.45, 7) is 3.42. The van der Waals surface area contributed by atoms with Gasteiger partial charge in [-0.2, -0.15) is 0 Å². The lowest BCUT2D eigenvalue weighted by Gasteiger charge is -2.12. The maximum atomic E-state index is 12.4. The topological polar surface area (TPSA) is 107 Å². The Hall–Kier alpha value is -2.39. The number of hydrogen-bond acceptors (Lipinski definition) is 7. The van der Waals surface area contributed by atoms with Crippen molar-refractivity contribution in [3.63, 3.8) is 0 Å². The van der Waals surface area contributed by atoms with Crippen LogP contribution in [0.1, 0.15) is 19.4 Å². The highest BCUT2D eigenvalue weighted by atomic mass is 35.5. The summed E-state index contributed by atoms with van der Waals surface area (Å²) >= 11 is 6.62. The number of carbonyl (C=O) groups is 3. The molecule has 0 bridgehead atoms. The maximum absolute atomic E-state index is 12.4. The molecule has 0 aliphatic carbocycles. The molecule has 0 aromatic heterocycles. The number of ether oxygens (including phenoxy) is 1. The van der Waals surface area contributed by atoms with Gasteiger partial charge in [-0.3, -0.25) is 29.4 Å². The van der Waals surface area contributed by atoms with Crippen LogP contribution in [0.5, 0.6) is 0 Å². The second-order valence-corrected chi connectivity index (χ2v) is 7.21. The van der Waals surface area contributed by atoms with Gasteiger partial charge in [-0.1, -0.05) is 25.4 Å². The highest BCUT2D eigenvalue weighted by Crippen LogP contribution is 2.34. The Morgan fingerprint density at radius 1 is 1.42 bits per heavy atom. The SMILES string of the molecule is CC(C)COC(=O)CN1C(=O)S/C(=C\c2cc([N+](=O)[O-])ccc2Cl)C1=O. The molecule has 0 atom stereocenters. The monoisotopic (exact) mass is 398 g/mol. The average molecular weight is 399 g/mol. The molecule has 0 radical (unpaired) electrons. The summed E-state index contributed by atoms with van der Waals surface area (Å²) in [5.41, 5.74) is 0.0332. The van der Waals surface area contributed by atoms with Crippen molar-refractivity contribution in [1.82, 2.24) is 4.90 Å². The predicted octanol–water partition coefficient (Wildman–Crippen LogP) is 3.48. The first-order chi connectivity index (χ1) is 12.2. The van der Waals surface area contributed by atoms with Gasteiger partial charge in [-0.05, 0) is 29.8 Å². The molecule has 8 nitrogen and oxygen atoms in total. The molecule has 2 amide bonds. The van der Waals surface area contributed by atoms with Gasteiger partial charge in [-0.15, -0.1) is 0 Å². The smallest absolute Gasteiger partial charge is 0.326 e. The zero-order chi connectivity index (χ0) is 19.4. The van der Waals surface area contributed by atoms with Crippen molar-refractivity contribution in [2.75, 3.05) is 13.2 Å². The van der Waals surface area contributed by atoms with E-state index >= 15 is 0 Å². The molecule has 26 heavy (non-hydrogen) atoms. The van der Waals surface area contributed by atoms with Gasteiger partial charge in [0.25, 0.3) is 16.8 Å². The van der Waals surface area contributed by atoms with Crippen molar-refractivity contribution in [1.29, 1.82) is 0 Å². The Bertz CT molecular complexity index is 808. The molecule has 0 spiro atoms. The third kappa shape index (κ3) is 4.83. The van der Waals surface area contributed by atoms with Gasteiger partial charge in [0.1, 0.15) is 6.54 Å². The van der Waals surface area contributed by atoms with E-state index in [1.807, 2.05) is 13.8 Å². The fraction of sp³-hybridized carbons (Fsp3) is 0.312. The van der Waals surface area contributed by atoms with Crippen molar-refractivity contribution >= 4 is 52.2 Å². The number of thioether (sulfide) groups is 1. The summed E-state index contributed by atoms with van der Waals surface area (Å²) in [5, 5.41) is 10.4. The van der Waals surface area contributed by atoms with E-state index in [4.69, 9.17) is 16.3 Å². The first-order valence-corrected chi connectivity index (χ1v) is 8.73. The standard InChI is InChI=1S/C16H15ClN2O6S/c1-9(2)8-25-14(20)7-18-15(21)13(26-16(18)22)6-10-5-11(19(23)24)3-4-12(10)17/h3-6,9H,7-8H2,1-2H3/b13-6-. The van der Waals surface area contributed by atoms with E-state index in [0.717, 1.165) is 4.90 Å². The summed E-state index contributed by atoms with van der Waals surface area (Å²) < 4.78 is 4.97. The zero-order valence-electron chi connectivity index (χ0n) is 13.9. The Balaban J connectivity index is 2.18. The lowest BCUT2D eigenvalue weighted by molar-refractivity contribution is -0.384. The maximum Gasteiger partial charge on any atom is 0.326 e. The van der Waals surface area contributed by atoms with Crippen LogP contribution in [0.4, 0.5) is 10.5 Å². The fourth-order valence-corrected chi connectivity index (χ4v) is 2.97. The van der Waals surface area contributed by atoms with Crippen LogP contribution in [0.3, 0.4) is 0 Å². The van der Waals surface area contributed by atoms with E-state index in [2.05, 4.69) is 0 Å². The Kier molecular flexibility index (Phi) is 6.38. The van der Waals surface area contributed by atoms with Crippen LogP contribution in [0, 0.1) is 16.0 Å². The molecule has 1 aliphatic heterocycles. The van der Waals surface area contributed by atoms with Gasteiger partial charge in [0, 0.05) is 22.7 Å². The molecule has 138 valence electrons. The van der Waals surface area contributed by atoms with E-state index in [1.54, 1.807) is 0 Å². The molecule has 1 aliphatic rings. The highest BCUT2D eigenvalue weighted by molar-refractivity contribution is 8.18. The zero-order valence-corrected chi connectivity index (χ0v) is 15.5. The molecular weight excluding hydrogens is 384 g/mol. The van der Waals surface area contributed by atoms with Gasteiger partial charge in [0.2, 0.25) is 0 Å². The number of carbonyl (C=O) groups excluding carboxylic acids is 3. The molecule has 0 N–H and O–H groups in total. The molecule has 0 saturated carbocycles. The number of nitro groups is 1. The highest BCUT2D eigenvalue weighted by Gasteiger charge is 2.36. The lowest BCUT2D eigenvalue weighted by atomic mass is 10.2. The quantitative estimate of drug-likeness (QED) is 0.312. The molecule has 1 fully saturated rings. The lowest BCUT2D eigenvalue weighted by Crippen LogP contribution is -2.34. The van der Waals surface area contributed by atoms with Crippen LogP contribution in [0.15, 0.2) is 23.1 Å². The molecule has 1 saturated heterocycles. The summed E-state index contributed by atoms with van der Waals surface area (Å²) in [4.78, 5) is 47.1. The molecule has 2 rings (SSSR count). The Morgan fingerprint density at radius 3 is 2.73 bits per heavy atom. The van der Waals surface area contributed by atoms with Crippen LogP contribution in [-0.4, -0.2) is 40.1 Å². The van der Waals surface area contributed by atoms with E-state index in [1.165, 1.54) is 24.3 Å². The van der Waals surface area contributed by atoms with Gasteiger partial charge < -0.3 is 4.74 Å². The molecule has 0 unspecified atom stereocenters. The number of benzene rings is 1. The minimum Gasteiger partial charge on any atom is -0.464 e.